The van der Waals surface area contributed by atoms with Gasteiger partial charge in [0.2, 0.25) is 0 Å². The molecule has 78 valence electrons. The highest BCUT2D eigenvalue weighted by atomic mass is 79.9. The minimum atomic E-state index is -0.284. The molecule has 14 heavy (non-hydrogen) atoms. The minimum Gasteiger partial charge on any atom is -0.392 e. The van der Waals surface area contributed by atoms with E-state index in [2.05, 4.69) is 27.8 Å². The summed E-state index contributed by atoms with van der Waals surface area (Å²) >= 11 is 5.08. The second-order valence-corrected chi connectivity index (χ2v) is 5.22. The summed E-state index contributed by atoms with van der Waals surface area (Å²) in [5.41, 5.74) is 0.942. The molecule has 0 bridgehead atoms. The number of hydrogen-bond donors (Lipinski definition) is 1. The number of thioether (sulfide) groups is 1. The van der Waals surface area contributed by atoms with Crippen LogP contribution in [-0.2, 0) is 6.42 Å². The van der Waals surface area contributed by atoms with Crippen LogP contribution in [0, 0.1) is 0 Å². The van der Waals surface area contributed by atoms with Gasteiger partial charge in [0.25, 0.3) is 0 Å². The molecule has 1 N–H and O–H groups in total. The van der Waals surface area contributed by atoms with Crippen LogP contribution in [0.2, 0.25) is 0 Å². The maximum Gasteiger partial charge on any atom is 0.0685 e. The second-order valence-electron chi connectivity index (χ2n) is 2.99. The van der Waals surface area contributed by atoms with E-state index in [0.717, 1.165) is 21.7 Å². The lowest BCUT2D eigenvalue weighted by Gasteiger charge is -2.08. The number of aromatic nitrogens is 1. The van der Waals surface area contributed by atoms with Gasteiger partial charge in [-0.1, -0.05) is 6.92 Å². The summed E-state index contributed by atoms with van der Waals surface area (Å²) in [5, 5.41) is 9.63. The number of aliphatic hydroxyl groups is 1. The van der Waals surface area contributed by atoms with Crippen LogP contribution in [0.5, 0.6) is 0 Å². The summed E-state index contributed by atoms with van der Waals surface area (Å²) in [5.74, 6) is 1.83. The maximum absolute atomic E-state index is 9.63. The summed E-state index contributed by atoms with van der Waals surface area (Å²) < 4.78 is 0.971. The third-order valence-corrected chi connectivity index (χ3v) is 3.25. The quantitative estimate of drug-likeness (QED) is 0.897. The van der Waals surface area contributed by atoms with Gasteiger partial charge in [-0.2, -0.15) is 11.8 Å². The SMILES string of the molecule is CCSCC(O)Cc1ccc(Br)cn1. The molecular formula is C10H14BrNOS. The Morgan fingerprint density at radius 3 is 2.93 bits per heavy atom. The van der Waals surface area contributed by atoms with Crippen LogP contribution < -0.4 is 0 Å². The van der Waals surface area contributed by atoms with Gasteiger partial charge in [-0.3, -0.25) is 4.98 Å². The molecule has 0 saturated carbocycles. The molecule has 0 spiro atoms. The fourth-order valence-corrected chi connectivity index (χ4v) is 1.94. The molecule has 0 saturated heterocycles. The van der Waals surface area contributed by atoms with Crippen LogP contribution in [0.4, 0.5) is 0 Å². The summed E-state index contributed by atoms with van der Waals surface area (Å²) in [6.45, 7) is 2.09. The van der Waals surface area contributed by atoms with Crippen molar-refractivity contribution in [3.8, 4) is 0 Å². The van der Waals surface area contributed by atoms with E-state index in [1.54, 1.807) is 18.0 Å². The maximum atomic E-state index is 9.63. The van der Waals surface area contributed by atoms with Crippen molar-refractivity contribution in [2.24, 2.45) is 0 Å². The predicted molar refractivity (Wildman–Crippen MR) is 64.6 cm³/mol. The Labute approximate surface area is 97.3 Å². The molecule has 0 radical (unpaired) electrons. The lowest BCUT2D eigenvalue weighted by atomic mass is 10.2. The Morgan fingerprint density at radius 1 is 1.57 bits per heavy atom. The van der Waals surface area contributed by atoms with Crippen molar-refractivity contribution >= 4 is 27.7 Å². The summed E-state index contributed by atoms with van der Waals surface area (Å²) in [4.78, 5) is 4.21. The number of nitrogens with zero attached hydrogens (tertiary/aromatic N) is 1. The number of hydrogen-bond acceptors (Lipinski definition) is 3. The first kappa shape index (κ1) is 12.0. The highest BCUT2D eigenvalue weighted by molar-refractivity contribution is 9.10. The smallest absolute Gasteiger partial charge is 0.0685 e. The van der Waals surface area contributed by atoms with Crippen LogP contribution >= 0.6 is 27.7 Å². The first-order valence-electron chi connectivity index (χ1n) is 4.58. The fraction of sp³-hybridized carbons (Fsp3) is 0.500. The molecule has 1 rings (SSSR count). The van der Waals surface area contributed by atoms with Crippen molar-refractivity contribution < 1.29 is 5.11 Å². The Morgan fingerprint density at radius 2 is 2.36 bits per heavy atom. The standard InChI is InChI=1S/C10H14BrNOS/c1-2-14-7-10(13)5-9-4-3-8(11)6-12-9/h3-4,6,10,13H,2,5,7H2,1H3. The molecule has 0 aromatic carbocycles. The summed E-state index contributed by atoms with van der Waals surface area (Å²) in [6.07, 6.45) is 2.11. The van der Waals surface area contributed by atoms with Gasteiger partial charge < -0.3 is 5.11 Å². The zero-order valence-electron chi connectivity index (χ0n) is 8.11. The van der Waals surface area contributed by atoms with Crippen LogP contribution in [0.1, 0.15) is 12.6 Å². The molecule has 0 aliphatic rings. The first-order chi connectivity index (χ1) is 6.72. The topological polar surface area (TPSA) is 33.1 Å². The molecule has 1 unspecified atom stereocenters. The number of aliphatic hydroxyl groups excluding tert-OH is 1. The Hall–Kier alpha value is -0.0600. The molecule has 0 aliphatic heterocycles. The van der Waals surface area contributed by atoms with Crippen LogP contribution in [-0.4, -0.2) is 27.7 Å². The van der Waals surface area contributed by atoms with Crippen molar-refractivity contribution in [3.63, 3.8) is 0 Å². The van der Waals surface area contributed by atoms with E-state index in [1.165, 1.54) is 0 Å². The van der Waals surface area contributed by atoms with Crippen LogP contribution in [0.15, 0.2) is 22.8 Å². The van der Waals surface area contributed by atoms with Gasteiger partial charge in [0, 0.05) is 28.5 Å². The van der Waals surface area contributed by atoms with E-state index in [0.29, 0.717) is 6.42 Å². The van der Waals surface area contributed by atoms with Gasteiger partial charge in [0.05, 0.1) is 6.10 Å². The van der Waals surface area contributed by atoms with Crippen molar-refractivity contribution in [3.05, 3.63) is 28.5 Å². The lowest BCUT2D eigenvalue weighted by Crippen LogP contribution is -2.14. The Balaban J connectivity index is 2.39. The van der Waals surface area contributed by atoms with E-state index in [1.807, 2.05) is 12.1 Å². The fourth-order valence-electron chi connectivity index (χ4n) is 1.08. The molecule has 0 aliphatic carbocycles. The van der Waals surface area contributed by atoms with Gasteiger partial charge >= 0.3 is 0 Å². The highest BCUT2D eigenvalue weighted by Gasteiger charge is 2.05. The van der Waals surface area contributed by atoms with E-state index in [9.17, 15) is 5.11 Å². The van der Waals surface area contributed by atoms with E-state index < -0.39 is 0 Å². The number of rotatable bonds is 5. The minimum absolute atomic E-state index is 0.284. The van der Waals surface area contributed by atoms with Crippen molar-refractivity contribution in [1.29, 1.82) is 0 Å². The first-order valence-corrected chi connectivity index (χ1v) is 6.53. The molecule has 1 heterocycles. The third kappa shape index (κ3) is 4.44. The average Bonchev–Trinajstić information content (AvgIpc) is 2.18. The highest BCUT2D eigenvalue weighted by Crippen LogP contribution is 2.10. The van der Waals surface area contributed by atoms with E-state index in [-0.39, 0.29) is 6.10 Å². The van der Waals surface area contributed by atoms with Crippen molar-refractivity contribution in [2.75, 3.05) is 11.5 Å². The zero-order valence-corrected chi connectivity index (χ0v) is 10.5. The predicted octanol–water partition coefficient (Wildman–Crippen LogP) is 2.50. The Kier molecular flexibility index (Phi) is 5.52. The van der Waals surface area contributed by atoms with Gasteiger partial charge in [-0.25, -0.2) is 0 Å². The van der Waals surface area contributed by atoms with E-state index in [4.69, 9.17) is 0 Å². The molecule has 4 heteroatoms. The van der Waals surface area contributed by atoms with Gasteiger partial charge in [-0.15, -0.1) is 0 Å². The number of pyridine rings is 1. The molecule has 1 aromatic rings. The third-order valence-electron chi connectivity index (χ3n) is 1.75. The largest absolute Gasteiger partial charge is 0.392 e. The van der Waals surface area contributed by atoms with Crippen molar-refractivity contribution in [2.45, 2.75) is 19.4 Å². The molecule has 1 aromatic heterocycles. The molecule has 2 nitrogen and oxygen atoms in total. The average molecular weight is 276 g/mol. The normalized spacial score (nSPS) is 12.8. The van der Waals surface area contributed by atoms with Crippen molar-refractivity contribution in [1.82, 2.24) is 4.98 Å². The zero-order chi connectivity index (χ0) is 10.4. The molecule has 1 atom stereocenters. The lowest BCUT2D eigenvalue weighted by molar-refractivity contribution is 0.199. The van der Waals surface area contributed by atoms with Gasteiger partial charge in [-0.05, 0) is 33.8 Å². The van der Waals surface area contributed by atoms with Gasteiger partial charge in [0.15, 0.2) is 0 Å². The summed E-state index contributed by atoms with van der Waals surface area (Å²) in [7, 11) is 0. The second kappa shape index (κ2) is 6.43. The Bertz CT molecular complexity index is 265. The molecular weight excluding hydrogens is 262 g/mol. The van der Waals surface area contributed by atoms with Crippen LogP contribution in [0.3, 0.4) is 0 Å². The van der Waals surface area contributed by atoms with Crippen LogP contribution in [0.25, 0.3) is 0 Å². The molecule has 0 amide bonds. The van der Waals surface area contributed by atoms with Gasteiger partial charge in [0.1, 0.15) is 0 Å². The monoisotopic (exact) mass is 275 g/mol. The summed E-state index contributed by atoms with van der Waals surface area (Å²) in [6, 6.07) is 3.88. The molecule has 0 fully saturated rings. The number of halogens is 1. The van der Waals surface area contributed by atoms with E-state index >= 15 is 0 Å².